The summed E-state index contributed by atoms with van der Waals surface area (Å²) in [6.07, 6.45) is 5.42. The van der Waals surface area contributed by atoms with E-state index in [1.807, 2.05) is 6.92 Å². The van der Waals surface area contributed by atoms with Crippen LogP contribution in [0.3, 0.4) is 0 Å². The summed E-state index contributed by atoms with van der Waals surface area (Å²) >= 11 is 0. The van der Waals surface area contributed by atoms with E-state index in [9.17, 15) is 0 Å². The molecule has 1 aliphatic rings. The quantitative estimate of drug-likeness (QED) is 0.840. The van der Waals surface area contributed by atoms with E-state index in [0.717, 1.165) is 23.8 Å². The monoisotopic (exact) mass is 249 g/mol. The summed E-state index contributed by atoms with van der Waals surface area (Å²) in [5.41, 5.74) is 1.70. The average molecular weight is 249 g/mol. The van der Waals surface area contributed by atoms with E-state index in [1.54, 1.807) is 6.20 Å². The van der Waals surface area contributed by atoms with Crippen LogP contribution in [-0.4, -0.2) is 27.7 Å². The van der Waals surface area contributed by atoms with Crippen LogP contribution in [0.15, 0.2) is 6.20 Å². The first-order valence-corrected chi connectivity index (χ1v) is 6.81. The lowest BCUT2D eigenvalue weighted by Crippen LogP contribution is -2.29. The molecule has 1 heterocycles. The molecule has 0 aliphatic heterocycles. The molecule has 4 heteroatoms. The zero-order valence-corrected chi connectivity index (χ0v) is 11.6. The van der Waals surface area contributed by atoms with Gasteiger partial charge < -0.3 is 10.0 Å². The maximum Gasteiger partial charge on any atom is 0.225 e. The first-order valence-electron chi connectivity index (χ1n) is 6.81. The van der Waals surface area contributed by atoms with Crippen molar-refractivity contribution in [1.82, 2.24) is 9.97 Å². The summed E-state index contributed by atoms with van der Waals surface area (Å²) in [4.78, 5) is 11.3. The summed E-state index contributed by atoms with van der Waals surface area (Å²) in [7, 11) is 0. The molecule has 1 saturated carbocycles. The number of aliphatic hydroxyl groups is 1. The summed E-state index contributed by atoms with van der Waals surface area (Å²) in [5.74, 6) is 1.52. The number of aromatic nitrogens is 2. The van der Waals surface area contributed by atoms with E-state index in [-0.39, 0.29) is 6.61 Å². The first-order chi connectivity index (χ1) is 8.61. The molecule has 1 N–H and O–H groups in total. The molecule has 4 nitrogen and oxygen atoms in total. The van der Waals surface area contributed by atoms with Gasteiger partial charge in [0.2, 0.25) is 5.95 Å². The van der Waals surface area contributed by atoms with Crippen LogP contribution in [0, 0.1) is 12.8 Å². The van der Waals surface area contributed by atoms with Gasteiger partial charge in [0, 0.05) is 30.0 Å². The number of nitrogens with zero attached hydrogens (tertiary/aromatic N) is 3. The molecule has 0 bridgehead atoms. The van der Waals surface area contributed by atoms with Gasteiger partial charge in [0.25, 0.3) is 0 Å². The van der Waals surface area contributed by atoms with Crippen LogP contribution in [0.5, 0.6) is 0 Å². The molecule has 0 atom stereocenters. The fraction of sp³-hybridized carbons (Fsp3) is 0.714. The van der Waals surface area contributed by atoms with E-state index < -0.39 is 0 Å². The molecule has 1 aromatic rings. The number of anilines is 1. The standard InChI is InChI=1S/C14H23N3O/c1-10(2)6-7-17(13-4-5-13)14-15-8-12(9-18)11(3)16-14/h8,10,13,18H,4-7,9H2,1-3H3. The van der Waals surface area contributed by atoms with Gasteiger partial charge in [-0.15, -0.1) is 0 Å². The van der Waals surface area contributed by atoms with Crippen LogP contribution in [0.1, 0.15) is 44.4 Å². The van der Waals surface area contributed by atoms with Crippen molar-refractivity contribution in [3.63, 3.8) is 0 Å². The van der Waals surface area contributed by atoms with Crippen molar-refractivity contribution in [3.05, 3.63) is 17.5 Å². The summed E-state index contributed by atoms with van der Waals surface area (Å²) in [5, 5.41) is 9.15. The van der Waals surface area contributed by atoms with Crippen molar-refractivity contribution in [3.8, 4) is 0 Å². The highest BCUT2D eigenvalue weighted by Gasteiger charge is 2.30. The second kappa shape index (κ2) is 5.65. The van der Waals surface area contributed by atoms with Crippen molar-refractivity contribution < 1.29 is 5.11 Å². The van der Waals surface area contributed by atoms with Gasteiger partial charge in [-0.25, -0.2) is 9.97 Å². The molecular weight excluding hydrogens is 226 g/mol. The molecule has 1 aliphatic carbocycles. The summed E-state index contributed by atoms with van der Waals surface area (Å²) in [6, 6.07) is 0.628. The van der Waals surface area contributed by atoms with Gasteiger partial charge in [0.1, 0.15) is 0 Å². The minimum Gasteiger partial charge on any atom is -0.392 e. The Morgan fingerprint density at radius 2 is 2.17 bits per heavy atom. The highest BCUT2D eigenvalue weighted by Crippen LogP contribution is 2.30. The van der Waals surface area contributed by atoms with Crippen LogP contribution >= 0.6 is 0 Å². The molecule has 18 heavy (non-hydrogen) atoms. The number of rotatable bonds is 6. The number of aliphatic hydroxyl groups excluding tert-OH is 1. The van der Waals surface area contributed by atoms with Crippen molar-refractivity contribution in [2.45, 2.75) is 52.7 Å². The van der Waals surface area contributed by atoms with Crippen LogP contribution in [0.2, 0.25) is 0 Å². The summed E-state index contributed by atoms with van der Waals surface area (Å²) < 4.78 is 0. The zero-order chi connectivity index (χ0) is 13.1. The first kappa shape index (κ1) is 13.3. The lowest BCUT2D eigenvalue weighted by molar-refractivity contribution is 0.280. The predicted octanol–water partition coefficient (Wildman–Crippen LogP) is 2.29. The molecule has 0 spiro atoms. The molecule has 0 radical (unpaired) electrons. The van der Waals surface area contributed by atoms with Crippen molar-refractivity contribution >= 4 is 5.95 Å². The van der Waals surface area contributed by atoms with E-state index in [1.165, 1.54) is 19.3 Å². The molecule has 100 valence electrons. The van der Waals surface area contributed by atoms with E-state index in [2.05, 4.69) is 28.7 Å². The third-order valence-corrected chi connectivity index (χ3v) is 3.43. The Kier molecular flexibility index (Phi) is 4.17. The van der Waals surface area contributed by atoms with Crippen LogP contribution in [0.4, 0.5) is 5.95 Å². The average Bonchev–Trinajstić information content (AvgIpc) is 3.13. The zero-order valence-electron chi connectivity index (χ0n) is 11.6. The third-order valence-electron chi connectivity index (χ3n) is 3.43. The van der Waals surface area contributed by atoms with Gasteiger partial charge in [-0.3, -0.25) is 0 Å². The molecule has 0 amide bonds. The normalized spacial score (nSPS) is 15.2. The Labute approximate surface area is 109 Å². The Morgan fingerprint density at radius 1 is 1.44 bits per heavy atom. The lowest BCUT2D eigenvalue weighted by atomic mass is 10.1. The number of hydrogen-bond acceptors (Lipinski definition) is 4. The fourth-order valence-electron chi connectivity index (χ4n) is 2.00. The largest absolute Gasteiger partial charge is 0.392 e. The molecule has 1 aromatic heterocycles. The topological polar surface area (TPSA) is 49.2 Å². The molecule has 1 fully saturated rings. The molecule has 2 rings (SSSR count). The maximum atomic E-state index is 9.15. The Hall–Kier alpha value is -1.16. The van der Waals surface area contributed by atoms with Crippen LogP contribution < -0.4 is 4.90 Å². The van der Waals surface area contributed by atoms with E-state index in [4.69, 9.17) is 5.11 Å². The Morgan fingerprint density at radius 3 is 2.67 bits per heavy atom. The molecular formula is C14H23N3O. The van der Waals surface area contributed by atoms with Crippen LogP contribution in [0.25, 0.3) is 0 Å². The second-order valence-corrected chi connectivity index (χ2v) is 5.55. The molecule has 0 saturated heterocycles. The Balaban J connectivity index is 2.12. The maximum absolute atomic E-state index is 9.15. The number of aryl methyl sites for hydroxylation is 1. The van der Waals surface area contributed by atoms with E-state index in [0.29, 0.717) is 12.0 Å². The van der Waals surface area contributed by atoms with Gasteiger partial charge in [0.05, 0.1) is 6.61 Å². The second-order valence-electron chi connectivity index (χ2n) is 5.55. The van der Waals surface area contributed by atoms with Gasteiger partial charge in [0.15, 0.2) is 0 Å². The minimum atomic E-state index is 0.0154. The summed E-state index contributed by atoms with van der Waals surface area (Å²) in [6.45, 7) is 7.46. The Bertz CT molecular complexity index is 402. The number of hydrogen-bond donors (Lipinski definition) is 1. The molecule has 0 unspecified atom stereocenters. The van der Waals surface area contributed by atoms with Crippen molar-refractivity contribution in [2.24, 2.45) is 5.92 Å². The van der Waals surface area contributed by atoms with Gasteiger partial charge in [-0.2, -0.15) is 0 Å². The lowest BCUT2D eigenvalue weighted by Gasteiger charge is -2.23. The van der Waals surface area contributed by atoms with Crippen molar-refractivity contribution in [2.75, 3.05) is 11.4 Å². The smallest absolute Gasteiger partial charge is 0.225 e. The van der Waals surface area contributed by atoms with Gasteiger partial charge in [-0.1, -0.05) is 13.8 Å². The predicted molar refractivity (Wildman–Crippen MR) is 72.5 cm³/mol. The van der Waals surface area contributed by atoms with Gasteiger partial charge in [-0.05, 0) is 32.1 Å². The fourth-order valence-corrected chi connectivity index (χ4v) is 2.00. The highest BCUT2D eigenvalue weighted by molar-refractivity contribution is 5.36. The van der Waals surface area contributed by atoms with Gasteiger partial charge >= 0.3 is 0 Å². The highest BCUT2D eigenvalue weighted by atomic mass is 16.3. The SMILES string of the molecule is Cc1nc(N(CCC(C)C)C2CC2)ncc1CO. The molecule has 0 aromatic carbocycles. The minimum absolute atomic E-state index is 0.0154. The van der Waals surface area contributed by atoms with Crippen molar-refractivity contribution in [1.29, 1.82) is 0 Å². The van der Waals surface area contributed by atoms with E-state index >= 15 is 0 Å². The van der Waals surface area contributed by atoms with Crippen LogP contribution in [-0.2, 0) is 6.61 Å². The third kappa shape index (κ3) is 3.19.